The van der Waals surface area contributed by atoms with Gasteiger partial charge in [-0.25, -0.2) is 16.8 Å². The predicted octanol–water partition coefficient (Wildman–Crippen LogP) is 4.57. The zero-order valence-electron chi connectivity index (χ0n) is 17.0. The molecule has 2 N–H and O–H groups in total. The van der Waals surface area contributed by atoms with E-state index < -0.39 is 20.0 Å². The highest BCUT2D eigenvalue weighted by atomic mass is 35.5. The van der Waals surface area contributed by atoms with E-state index in [0.717, 1.165) is 0 Å². The molecule has 7 nitrogen and oxygen atoms in total. The van der Waals surface area contributed by atoms with Crippen molar-refractivity contribution in [3.63, 3.8) is 0 Å². The Morgan fingerprint density at radius 3 is 2.10 bits per heavy atom. The van der Waals surface area contributed by atoms with Crippen LogP contribution in [-0.4, -0.2) is 23.9 Å². The van der Waals surface area contributed by atoms with Gasteiger partial charge in [-0.2, -0.15) is 0 Å². The largest absolute Gasteiger partial charge is 0.495 e. The standard InChI is InChI=1S/C21H21ClN2O5S2/c1-14-13-21(15(2)12-18(14)22)31(27,28)23-16-8-10-17(11-9-16)30(25,26)24-19-6-4-5-7-20(19)29-3/h4-13,23-24H,1-3H3. The van der Waals surface area contributed by atoms with Crippen LogP contribution in [0.15, 0.2) is 70.5 Å². The van der Waals surface area contributed by atoms with Gasteiger partial charge in [-0.1, -0.05) is 23.7 Å². The fraction of sp³-hybridized carbons (Fsp3) is 0.143. The number of sulfonamides is 2. The first-order valence-electron chi connectivity index (χ1n) is 9.09. The number of hydrogen-bond donors (Lipinski definition) is 2. The number of anilines is 2. The van der Waals surface area contributed by atoms with E-state index in [0.29, 0.717) is 27.6 Å². The van der Waals surface area contributed by atoms with E-state index in [-0.39, 0.29) is 15.5 Å². The van der Waals surface area contributed by atoms with Crippen LogP contribution in [0.1, 0.15) is 11.1 Å². The third-order valence-electron chi connectivity index (χ3n) is 4.51. The highest BCUT2D eigenvalue weighted by Gasteiger charge is 2.20. The molecule has 0 saturated heterocycles. The molecule has 0 aromatic heterocycles. The molecule has 0 heterocycles. The highest BCUT2D eigenvalue weighted by Crippen LogP contribution is 2.28. The van der Waals surface area contributed by atoms with E-state index >= 15 is 0 Å². The molecule has 0 unspecified atom stereocenters. The second-order valence-electron chi connectivity index (χ2n) is 6.80. The van der Waals surface area contributed by atoms with Crippen LogP contribution in [0.5, 0.6) is 5.75 Å². The van der Waals surface area contributed by atoms with Crippen molar-refractivity contribution in [2.45, 2.75) is 23.6 Å². The molecule has 0 radical (unpaired) electrons. The van der Waals surface area contributed by atoms with Crippen molar-refractivity contribution >= 4 is 43.0 Å². The minimum Gasteiger partial charge on any atom is -0.495 e. The number of halogens is 1. The third kappa shape index (κ3) is 5.12. The maximum absolute atomic E-state index is 12.8. The molecule has 164 valence electrons. The number of aryl methyl sites for hydroxylation is 2. The van der Waals surface area contributed by atoms with Crippen molar-refractivity contribution in [1.82, 2.24) is 0 Å². The lowest BCUT2D eigenvalue weighted by Gasteiger charge is -2.13. The van der Waals surface area contributed by atoms with Gasteiger partial charge >= 0.3 is 0 Å². The van der Waals surface area contributed by atoms with Crippen LogP contribution < -0.4 is 14.2 Å². The molecule has 0 bridgehead atoms. The van der Waals surface area contributed by atoms with Gasteiger partial charge in [0.1, 0.15) is 5.75 Å². The number of nitrogens with one attached hydrogen (secondary N) is 2. The van der Waals surface area contributed by atoms with Crippen molar-refractivity contribution in [3.05, 3.63) is 76.8 Å². The van der Waals surface area contributed by atoms with Crippen molar-refractivity contribution in [1.29, 1.82) is 0 Å². The van der Waals surface area contributed by atoms with Crippen molar-refractivity contribution in [2.24, 2.45) is 0 Å². The summed E-state index contributed by atoms with van der Waals surface area (Å²) in [5.41, 5.74) is 1.66. The van der Waals surface area contributed by atoms with E-state index in [2.05, 4.69) is 9.44 Å². The van der Waals surface area contributed by atoms with Gasteiger partial charge in [0, 0.05) is 10.7 Å². The Balaban J connectivity index is 1.84. The Hall–Kier alpha value is -2.75. The Morgan fingerprint density at radius 2 is 1.45 bits per heavy atom. The molecule has 0 saturated carbocycles. The molecule has 0 amide bonds. The van der Waals surface area contributed by atoms with Crippen molar-refractivity contribution < 1.29 is 21.6 Å². The van der Waals surface area contributed by atoms with E-state index in [1.165, 1.54) is 37.4 Å². The smallest absolute Gasteiger partial charge is 0.262 e. The molecule has 0 spiro atoms. The number of ether oxygens (including phenoxy) is 1. The first-order chi connectivity index (χ1) is 14.5. The van der Waals surface area contributed by atoms with E-state index in [1.54, 1.807) is 44.2 Å². The van der Waals surface area contributed by atoms with E-state index in [4.69, 9.17) is 16.3 Å². The molecule has 0 atom stereocenters. The van der Waals surface area contributed by atoms with Crippen LogP contribution in [0.3, 0.4) is 0 Å². The maximum Gasteiger partial charge on any atom is 0.262 e. The fourth-order valence-corrected chi connectivity index (χ4v) is 5.55. The molecular formula is C21H21ClN2O5S2. The Morgan fingerprint density at radius 1 is 0.806 bits per heavy atom. The zero-order valence-corrected chi connectivity index (χ0v) is 19.4. The summed E-state index contributed by atoms with van der Waals surface area (Å²) in [6.07, 6.45) is 0. The summed E-state index contributed by atoms with van der Waals surface area (Å²) in [7, 11) is -6.33. The van der Waals surface area contributed by atoms with Crippen LogP contribution in [-0.2, 0) is 20.0 Å². The minimum absolute atomic E-state index is 0.0279. The monoisotopic (exact) mass is 480 g/mol. The molecule has 3 aromatic rings. The van der Waals surface area contributed by atoms with Crippen molar-refractivity contribution in [3.8, 4) is 5.75 Å². The summed E-state index contributed by atoms with van der Waals surface area (Å²) in [5, 5.41) is 0.480. The number of benzene rings is 3. The Kier molecular flexibility index (Phi) is 6.49. The first kappa shape index (κ1) is 22.9. The zero-order chi connectivity index (χ0) is 22.8. The van der Waals surface area contributed by atoms with Gasteiger partial charge in [-0.15, -0.1) is 0 Å². The van der Waals surface area contributed by atoms with Gasteiger partial charge in [0.2, 0.25) is 0 Å². The topological polar surface area (TPSA) is 102 Å². The molecular weight excluding hydrogens is 460 g/mol. The van der Waals surface area contributed by atoms with Crippen LogP contribution in [0.4, 0.5) is 11.4 Å². The van der Waals surface area contributed by atoms with Crippen LogP contribution in [0, 0.1) is 13.8 Å². The van der Waals surface area contributed by atoms with Crippen LogP contribution in [0.25, 0.3) is 0 Å². The molecule has 31 heavy (non-hydrogen) atoms. The molecule has 3 aromatic carbocycles. The lowest BCUT2D eigenvalue weighted by molar-refractivity contribution is 0.417. The quantitative estimate of drug-likeness (QED) is 0.516. The molecule has 0 aliphatic carbocycles. The summed E-state index contributed by atoms with van der Waals surface area (Å²) >= 11 is 6.05. The maximum atomic E-state index is 12.8. The van der Waals surface area contributed by atoms with E-state index in [9.17, 15) is 16.8 Å². The average molecular weight is 481 g/mol. The lowest BCUT2D eigenvalue weighted by atomic mass is 10.2. The second kappa shape index (κ2) is 8.78. The van der Waals surface area contributed by atoms with Gasteiger partial charge in [0.25, 0.3) is 20.0 Å². The lowest BCUT2D eigenvalue weighted by Crippen LogP contribution is -2.16. The molecule has 10 heteroatoms. The van der Waals surface area contributed by atoms with Crippen molar-refractivity contribution in [2.75, 3.05) is 16.6 Å². The van der Waals surface area contributed by atoms with Crippen LogP contribution >= 0.6 is 11.6 Å². The van der Waals surface area contributed by atoms with Gasteiger partial charge in [0.05, 0.1) is 22.6 Å². The highest BCUT2D eigenvalue weighted by molar-refractivity contribution is 7.93. The van der Waals surface area contributed by atoms with E-state index in [1.807, 2.05) is 0 Å². The normalized spacial score (nSPS) is 11.7. The predicted molar refractivity (Wildman–Crippen MR) is 122 cm³/mol. The summed E-state index contributed by atoms with van der Waals surface area (Å²) in [4.78, 5) is 0.0730. The molecule has 0 aliphatic heterocycles. The number of hydrogen-bond acceptors (Lipinski definition) is 5. The summed E-state index contributed by atoms with van der Waals surface area (Å²) in [5.74, 6) is 0.379. The number of para-hydroxylation sites is 2. The molecule has 3 rings (SSSR count). The SMILES string of the molecule is COc1ccccc1NS(=O)(=O)c1ccc(NS(=O)(=O)c2cc(C)c(Cl)cc2C)cc1. The van der Waals surface area contributed by atoms with Gasteiger partial charge in [-0.3, -0.25) is 9.44 Å². The molecule has 0 fully saturated rings. The first-order valence-corrected chi connectivity index (χ1v) is 12.4. The van der Waals surface area contributed by atoms with Gasteiger partial charge in [0.15, 0.2) is 0 Å². The fourth-order valence-electron chi connectivity index (χ4n) is 2.89. The molecule has 0 aliphatic rings. The van der Waals surface area contributed by atoms with Gasteiger partial charge in [-0.05, 0) is 73.5 Å². The summed E-state index contributed by atoms with van der Waals surface area (Å²) in [6.45, 7) is 3.37. The summed E-state index contributed by atoms with van der Waals surface area (Å²) in [6, 6.07) is 15.1. The number of rotatable bonds is 7. The van der Waals surface area contributed by atoms with Gasteiger partial charge < -0.3 is 4.74 Å². The second-order valence-corrected chi connectivity index (χ2v) is 10.5. The average Bonchev–Trinajstić information content (AvgIpc) is 2.71. The third-order valence-corrected chi connectivity index (χ3v) is 7.83. The van der Waals surface area contributed by atoms with Crippen LogP contribution in [0.2, 0.25) is 5.02 Å². The minimum atomic E-state index is -3.90. The Bertz CT molecular complexity index is 1320. The summed E-state index contributed by atoms with van der Waals surface area (Å²) < 4.78 is 61.0. The number of methoxy groups -OCH3 is 1. The Labute approximate surface area is 187 Å².